The highest BCUT2D eigenvalue weighted by molar-refractivity contribution is 5.67. The average molecular weight is 199 g/mol. The molecule has 0 saturated heterocycles. The average Bonchev–Trinajstić information content (AvgIpc) is 2.02. The summed E-state index contributed by atoms with van der Waals surface area (Å²) in [5.41, 5.74) is 0.329. The monoisotopic (exact) mass is 199 g/mol. The molecule has 0 aromatic carbocycles. The molecule has 1 aliphatic rings. The predicted molar refractivity (Wildman–Crippen MR) is 56.2 cm³/mol. The van der Waals surface area contributed by atoms with Crippen molar-refractivity contribution in [2.45, 2.75) is 52.6 Å². The maximum atomic E-state index is 11.2. The Bertz CT molecular complexity index is 201. The normalized spacial score (nSPS) is 25.5. The zero-order chi connectivity index (χ0) is 10.6. The summed E-state index contributed by atoms with van der Waals surface area (Å²) in [6.07, 6.45) is 4.25. The highest BCUT2D eigenvalue weighted by atomic mass is 16.6. The van der Waals surface area contributed by atoms with Crippen LogP contribution in [0.15, 0.2) is 0 Å². The number of rotatable bonds is 2. The number of ether oxygens (including phenoxy) is 1. The molecule has 1 saturated carbocycles. The molecule has 1 rings (SSSR count). The number of hydrogen-bond acceptors (Lipinski definition) is 2. The second-order valence-corrected chi connectivity index (χ2v) is 4.82. The molecule has 0 bridgehead atoms. The van der Waals surface area contributed by atoms with Crippen molar-refractivity contribution in [3.8, 4) is 0 Å². The third-order valence-corrected chi connectivity index (χ3v) is 2.75. The summed E-state index contributed by atoms with van der Waals surface area (Å²) in [4.78, 5) is 11.2. The minimum atomic E-state index is -0.268. The Morgan fingerprint density at radius 3 is 2.86 bits per heavy atom. The van der Waals surface area contributed by atoms with Gasteiger partial charge in [0.15, 0.2) is 0 Å². The van der Waals surface area contributed by atoms with Crippen LogP contribution in [0.4, 0.5) is 4.79 Å². The topological polar surface area (TPSA) is 38.3 Å². The molecule has 0 radical (unpaired) electrons. The van der Waals surface area contributed by atoms with Crippen molar-refractivity contribution >= 4 is 6.09 Å². The van der Waals surface area contributed by atoms with Crippen LogP contribution in [0.3, 0.4) is 0 Å². The number of carbonyl (C=O) groups excluding carboxylic acids is 1. The molecule has 0 heterocycles. The number of alkyl carbamates (subject to hydrolysis) is 1. The number of carbonyl (C=O) groups is 1. The van der Waals surface area contributed by atoms with E-state index in [1.165, 1.54) is 6.42 Å². The van der Waals surface area contributed by atoms with E-state index in [0.717, 1.165) is 19.3 Å². The van der Waals surface area contributed by atoms with Crippen molar-refractivity contribution < 1.29 is 9.53 Å². The van der Waals surface area contributed by atoms with Gasteiger partial charge in [0, 0.05) is 6.54 Å². The summed E-state index contributed by atoms with van der Waals surface area (Å²) in [6, 6.07) is 0. The van der Waals surface area contributed by atoms with Crippen molar-refractivity contribution in [3.63, 3.8) is 0 Å². The summed E-state index contributed by atoms with van der Waals surface area (Å²) in [5, 5.41) is 2.66. The van der Waals surface area contributed by atoms with Gasteiger partial charge in [-0.15, -0.1) is 0 Å². The van der Waals surface area contributed by atoms with E-state index < -0.39 is 0 Å². The van der Waals surface area contributed by atoms with Gasteiger partial charge in [-0.05, 0) is 38.0 Å². The fourth-order valence-electron chi connectivity index (χ4n) is 2.07. The zero-order valence-electron chi connectivity index (χ0n) is 9.43. The van der Waals surface area contributed by atoms with Crippen LogP contribution in [-0.4, -0.2) is 18.7 Å². The highest BCUT2D eigenvalue weighted by Crippen LogP contribution is 2.36. The molecule has 0 aromatic rings. The van der Waals surface area contributed by atoms with Gasteiger partial charge in [0.25, 0.3) is 0 Å². The van der Waals surface area contributed by atoms with Crippen LogP contribution in [0.1, 0.15) is 46.5 Å². The van der Waals surface area contributed by atoms with Crippen molar-refractivity contribution in [2.75, 3.05) is 6.54 Å². The number of hydrogen-bond donors (Lipinski definition) is 1. The van der Waals surface area contributed by atoms with E-state index in [4.69, 9.17) is 4.74 Å². The second kappa shape index (κ2) is 4.67. The molecule has 1 fully saturated rings. The molecule has 0 aliphatic heterocycles. The van der Waals surface area contributed by atoms with Crippen molar-refractivity contribution in [3.05, 3.63) is 0 Å². The van der Waals surface area contributed by atoms with Crippen LogP contribution in [-0.2, 0) is 4.74 Å². The van der Waals surface area contributed by atoms with Gasteiger partial charge < -0.3 is 10.1 Å². The molecule has 0 aromatic heterocycles. The summed E-state index contributed by atoms with van der Waals surface area (Å²) in [5.74, 6) is 0. The Hall–Kier alpha value is -0.730. The molecule has 14 heavy (non-hydrogen) atoms. The van der Waals surface area contributed by atoms with Gasteiger partial charge in [0.05, 0.1) is 0 Å². The quantitative estimate of drug-likeness (QED) is 0.742. The molecule has 0 spiro atoms. The maximum Gasteiger partial charge on any atom is 0.407 e. The Balaban J connectivity index is 2.34. The Kier molecular flexibility index (Phi) is 3.78. The van der Waals surface area contributed by atoms with E-state index in [1.807, 2.05) is 6.92 Å². The van der Waals surface area contributed by atoms with E-state index >= 15 is 0 Å². The molecular formula is C11H21NO2. The molecule has 1 atom stereocenters. The Labute approximate surface area is 86.2 Å². The van der Waals surface area contributed by atoms with Gasteiger partial charge in [-0.2, -0.15) is 0 Å². The number of amides is 1. The fourth-order valence-corrected chi connectivity index (χ4v) is 2.07. The number of nitrogens with one attached hydrogen (secondary N) is 1. The molecule has 82 valence electrons. The largest absolute Gasteiger partial charge is 0.446 e. The maximum absolute atomic E-state index is 11.2. The van der Waals surface area contributed by atoms with Gasteiger partial charge in [0.2, 0.25) is 0 Å². The van der Waals surface area contributed by atoms with Crippen LogP contribution in [0.25, 0.3) is 0 Å². The molecule has 1 N–H and O–H groups in total. The molecule has 1 amide bonds. The van der Waals surface area contributed by atoms with E-state index in [9.17, 15) is 4.79 Å². The van der Waals surface area contributed by atoms with Crippen molar-refractivity contribution in [1.82, 2.24) is 5.32 Å². The lowest BCUT2D eigenvalue weighted by Crippen LogP contribution is -2.34. The van der Waals surface area contributed by atoms with Gasteiger partial charge >= 0.3 is 6.09 Å². The molecule has 1 unspecified atom stereocenters. The minimum absolute atomic E-state index is 0.116. The molecule has 1 aliphatic carbocycles. The summed E-state index contributed by atoms with van der Waals surface area (Å²) in [6.45, 7) is 7.00. The Morgan fingerprint density at radius 2 is 2.29 bits per heavy atom. The lowest BCUT2D eigenvalue weighted by molar-refractivity contribution is 0.0384. The molecular weight excluding hydrogens is 178 g/mol. The van der Waals surface area contributed by atoms with Crippen molar-refractivity contribution in [1.29, 1.82) is 0 Å². The summed E-state index contributed by atoms with van der Waals surface area (Å²) < 4.78 is 5.32. The fraction of sp³-hybridized carbons (Fsp3) is 0.909. The molecule has 3 nitrogen and oxygen atoms in total. The van der Waals surface area contributed by atoms with Crippen LogP contribution in [0.2, 0.25) is 0 Å². The first kappa shape index (κ1) is 11.3. The molecule has 3 heteroatoms. The van der Waals surface area contributed by atoms with E-state index in [1.54, 1.807) is 0 Å². The summed E-state index contributed by atoms with van der Waals surface area (Å²) in [7, 11) is 0. The van der Waals surface area contributed by atoms with Gasteiger partial charge in [-0.1, -0.05) is 13.8 Å². The first-order valence-electron chi connectivity index (χ1n) is 5.48. The lowest BCUT2D eigenvalue weighted by atomic mass is 9.76. The Morgan fingerprint density at radius 1 is 1.57 bits per heavy atom. The van der Waals surface area contributed by atoms with Gasteiger partial charge in [0.1, 0.15) is 6.10 Å². The highest BCUT2D eigenvalue weighted by Gasteiger charge is 2.29. The minimum Gasteiger partial charge on any atom is -0.446 e. The lowest BCUT2D eigenvalue weighted by Gasteiger charge is -2.34. The van der Waals surface area contributed by atoms with Crippen molar-refractivity contribution in [2.24, 2.45) is 5.41 Å². The predicted octanol–water partition coefficient (Wildman–Crippen LogP) is 2.70. The van der Waals surface area contributed by atoms with Gasteiger partial charge in [-0.3, -0.25) is 0 Å². The van der Waals surface area contributed by atoms with E-state index in [0.29, 0.717) is 12.0 Å². The third kappa shape index (κ3) is 3.56. The smallest absolute Gasteiger partial charge is 0.407 e. The van der Waals surface area contributed by atoms with Crippen LogP contribution in [0, 0.1) is 5.41 Å². The summed E-state index contributed by atoms with van der Waals surface area (Å²) >= 11 is 0. The third-order valence-electron chi connectivity index (χ3n) is 2.75. The second-order valence-electron chi connectivity index (χ2n) is 4.82. The first-order chi connectivity index (χ1) is 6.53. The van der Waals surface area contributed by atoms with Crippen LogP contribution >= 0.6 is 0 Å². The van der Waals surface area contributed by atoms with Gasteiger partial charge in [-0.25, -0.2) is 4.79 Å². The van der Waals surface area contributed by atoms with E-state index in [2.05, 4.69) is 19.2 Å². The first-order valence-corrected chi connectivity index (χ1v) is 5.48. The zero-order valence-corrected chi connectivity index (χ0v) is 9.43. The SMILES string of the molecule is CCNC(=O)OC1CCCC(C)(C)C1. The van der Waals surface area contributed by atoms with Crippen LogP contribution in [0.5, 0.6) is 0 Å². The van der Waals surface area contributed by atoms with Crippen LogP contribution < -0.4 is 5.32 Å². The van der Waals surface area contributed by atoms with E-state index in [-0.39, 0.29) is 12.2 Å². The standard InChI is InChI=1S/C11H21NO2/c1-4-12-10(13)14-9-6-5-7-11(2,3)8-9/h9H,4-8H2,1-3H3,(H,12,13).